The van der Waals surface area contributed by atoms with E-state index in [2.05, 4.69) is 57.2 Å². The highest BCUT2D eigenvalue weighted by Gasteiger charge is 2.19. The highest BCUT2D eigenvalue weighted by atomic mass is 16.6. The minimum Gasteiger partial charge on any atom is -0.462 e. The Kier molecular flexibility index (Phi) is 58.2. The summed E-state index contributed by atoms with van der Waals surface area (Å²) < 4.78 is 16.9. The van der Waals surface area contributed by atoms with E-state index in [0.717, 1.165) is 77.0 Å². The Morgan fingerprint density at radius 3 is 0.789 bits per heavy atom. The number of hydrogen-bond acceptors (Lipinski definition) is 6. The van der Waals surface area contributed by atoms with E-state index in [9.17, 15) is 14.4 Å². The van der Waals surface area contributed by atoms with Gasteiger partial charge in [0.15, 0.2) is 6.10 Å². The van der Waals surface area contributed by atoms with E-state index in [4.69, 9.17) is 14.2 Å². The van der Waals surface area contributed by atoms with Crippen molar-refractivity contribution in [3.8, 4) is 0 Å². The van der Waals surface area contributed by atoms with E-state index < -0.39 is 6.10 Å². The van der Waals surface area contributed by atoms with Crippen molar-refractivity contribution in [1.29, 1.82) is 0 Å². The molecule has 0 aromatic heterocycles. The van der Waals surface area contributed by atoms with Crippen LogP contribution in [0.1, 0.15) is 342 Å². The lowest BCUT2D eigenvalue weighted by Crippen LogP contribution is -2.30. The molecule has 0 saturated heterocycles. The molecule has 0 aliphatic heterocycles. The lowest BCUT2D eigenvalue weighted by Gasteiger charge is -2.18. The normalized spacial score (nSPS) is 12.2. The van der Waals surface area contributed by atoms with Gasteiger partial charge in [0.05, 0.1) is 0 Å². The summed E-state index contributed by atoms with van der Waals surface area (Å²) in [7, 11) is 0. The van der Waals surface area contributed by atoms with Crippen molar-refractivity contribution >= 4 is 17.9 Å². The van der Waals surface area contributed by atoms with Gasteiger partial charge in [-0.1, -0.05) is 301 Å². The summed E-state index contributed by atoms with van der Waals surface area (Å²) in [5.74, 6) is -0.860. The summed E-state index contributed by atoms with van der Waals surface area (Å²) in [4.78, 5) is 38.3. The van der Waals surface area contributed by atoms with Crippen molar-refractivity contribution in [2.45, 2.75) is 348 Å². The van der Waals surface area contributed by atoms with Crippen LogP contribution >= 0.6 is 0 Å². The third-order valence-electron chi connectivity index (χ3n) is 14.1. The fourth-order valence-corrected chi connectivity index (χ4v) is 9.39. The van der Waals surface area contributed by atoms with Gasteiger partial charge in [-0.05, 0) is 57.8 Å². The van der Waals surface area contributed by atoms with Gasteiger partial charge < -0.3 is 14.2 Å². The topological polar surface area (TPSA) is 78.9 Å². The molecule has 0 amide bonds. The number of carbonyl (C=O) groups excluding carboxylic acids is 3. The summed E-state index contributed by atoms with van der Waals surface area (Å²) in [5.41, 5.74) is 0. The molecule has 1 atom stereocenters. The zero-order valence-electron chi connectivity index (χ0n) is 47.8. The van der Waals surface area contributed by atoms with Crippen LogP contribution in [0, 0.1) is 0 Å². The molecule has 0 fully saturated rings. The maximum absolute atomic E-state index is 12.9. The van der Waals surface area contributed by atoms with Gasteiger partial charge in [-0.25, -0.2) is 0 Å². The summed E-state index contributed by atoms with van der Waals surface area (Å²) in [6.45, 7) is 6.68. The van der Waals surface area contributed by atoms with E-state index in [-0.39, 0.29) is 31.1 Å². The van der Waals surface area contributed by atoms with E-state index in [0.29, 0.717) is 19.3 Å². The average molecular weight is 998 g/mol. The summed E-state index contributed by atoms with van der Waals surface area (Å²) >= 11 is 0. The SMILES string of the molecule is CCCCCCC/C=C\C/C=C\C/C=C\CCCCCCCCC(=O)OCC(COC(=O)CCCCCCCCCCCCCCCC)OC(=O)CCCCCCCCCCCCCCCCCCCC. The molecular weight excluding hydrogens is 877 g/mol. The number of rotatable bonds is 58. The van der Waals surface area contributed by atoms with Gasteiger partial charge in [-0.3, -0.25) is 14.4 Å². The molecule has 71 heavy (non-hydrogen) atoms. The van der Waals surface area contributed by atoms with Gasteiger partial charge in [0.2, 0.25) is 0 Å². The molecule has 0 N–H and O–H groups in total. The first kappa shape index (κ1) is 68.6. The van der Waals surface area contributed by atoms with E-state index in [1.807, 2.05) is 0 Å². The van der Waals surface area contributed by atoms with Crippen LogP contribution < -0.4 is 0 Å². The Hall–Kier alpha value is -2.37. The molecule has 0 aromatic carbocycles. The van der Waals surface area contributed by atoms with E-state index >= 15 is 0 Å². The van der Waals surface area contributed by atoms with Crippen LogP contribution in [0.15, 0.2) is 36.5 Å². The van der Waals surface area contributed by atoms with E-state index in [1.165, 1.54) is 225 Å². The third kappa shape index (κ3) is 58.4. The first-order valence-electron chi connectivity index (χ1n) is 31.5. The summed E-state index contributed by atoms with van der Waals surface area (Å²) in [6.07, 6.45) is 72.8. The molecular formula is C65H120O6. The molecule has 0 aromatic rings. The Bertz CT molecular complexity index is 1190. The van der Waals surface area contributed by atoms with Crippen molar-refractivity contribution in [2.24, 2.45) is 0 Å². The molecule has 6 heteroatoms. The standard InChI is InChI=1S/C65H120O6/c1-4-7-10-13-16-19-22-25-28-30-32-33-34-36-37-40-43-46-49-52-55-58-64(67)70-61-62(60-69-63(66)57-54-51-48-45-42-39-27-24-21-18-15-12-9-6-3)71-65(68)59-56-53-50-47-44-41-38-35-31-29-26-23-20-17-14-11-8-5-2/h22,25,30,32,34,36,62H,4-21,23-24,26-29,31,33,35,37-61H2,1-3H3/b25-22-,32-30-,36-34-. The number of hydrogen-bond donors (Lipinski definition) is 0. The lowest BCUT2D eigenvalue weighted by atomic mass is 10.0. The second-order valence-corrected chi connectivity index (χ2v) is 21.3. The highest BCUT2D eigenvalue weighted by molar-refractivity contribution is 5.71. The monoisotopic (exact) mass is 997 g/mol. The smallest absolute Gasteiger partial charge is 0.306 e. The number of esters is 3. The summed E-state index contributed by atoms with van der Waals surface area (Å²) in [5, 5.41) is 0. The van der Waals surface area contributed by atoms with Crippen molar-refractivity contribution < 1.29 is 28.6 Å². The van der Waals surface area contributed by atoms with Gasteiger partial charge in [0.1, 0.15) is 13.2 Å². The number of carbonyl (C=O) groups is 3. The van der Waals surface area contributed by atoms with Crippen LogP contribution in [0.4, 0.5) is 0 Å². The second kappa shape index (κ2) is 60.2. The fraction of sp³-hybridized carbons (Fsp3) is 0.862. The molecule has 1 unspecified atom stereocenters. The molecule has 6 nitrogen and oxygen atoms in total. The maximum Gasteiger partial charge on any atom is 0.306 e. The highest BCUT2D eigenvalue weighted by Crippen LogP contribution is 2.17. The fourth-order valence-electron chi connectivity index (χ4n) is 9.39. The van der Waals surface area contributed by atoms with Gasteiger partial charge >= 0.3 is 17.9 Å². The first-order valence-corrected chi connectivity index (χ1v) is 31.5. The third-order valence-corrected chi connectivity index (χ3v) is 14.1. The van der Waals surface area contributed by atoms with Crippen LogP contribution in [-0.4, -0.2) is 37.2 Å². The van der Waals surface area contributed by atoms with Crippen molar-refractivity contribution in [1.82, 2.24) is 0 Å². The lowest BCUT2D eigenvalue weighted by molar-refractivity contribution is -0.167. The molecule has 0 saturated carbocycles. The second-order valence-electron chi connectivity index (χ2n) is 21.3. The Morgan fingerprint density at radius 2 is 0.507 bits per heavy atom. The van der Waals surface area contributed by atoms with Crippen LogP contribution in [0.25, 0.3) is 0 Å². The van der Waals surface area contributed by atoms with Crippen molar-refractivity contribution in [3.63, 3.8) is 0 Å². The Labute approximate surface area is 442 Å². The molecule has 0 bridgehead atoms. The zero-order chi connectivity index (χ0) is 51.4. The number of unbranched alkanes of at least 4 members (excludes halogenated alkanes) is 41. The molecule has 0 aliphatic carbocycles. The quantitative estimate of drug-likeness (QED) is 0.0261. The molecule has 0 rings (SSSR count). The zero-order valence-corrected chi connectivity index (χ0v) is 47.8. The molecule has 0 aliphatic rings. The predicted molar refractivity (Wildman–Crippen MR) is 307 cm³/mol. The van der Waals surface area contributed by atoms with Crippen LogP contribution in [0.3, 0.4) is 0 Å². The number of allylic oxidation sites excluding steroid dienone is 6. The Morgan fingerprint density at radius 1 is 0.282 bits per heavy atom. The van der Waals surface area contributed by atoms with Gasteiger partial charge in [0.25, 0.3) is 0 Å². The number of ether oxygens (including phenoxy) is 3. The van der Waals surface area contributed by atoms with Crippen LogP contribution in [0.2, 0.25) is 0 Å². The predicted octanol–water partition coefficient (Wildman–Crippen LogP) is 21.2. The molecule has 416 valence electrons. The van der Waals surface area contributed by atoms with Crippen LogP contribution in [-0.2, 0) is 28.6 Å². The van der Waals surface area contributed by atoms with Gasteiger partial charge in [-0.15, -0.1) is 0 Å². The molecule has 0 heterocycles. The van der Waals surface area contributed by atoms with E-state index in [1.54, 1.807) is 0 Å². The first-order chi connectivity index (χ1) is 35.0. The van der Waals surface area contributed by atoms with Crippen LogP contribution in [0.5, 0.6) is 0 Å². The average Bonchev–Trinajstić information content (AvgIpc) is 3.37. The largest absolute Gasteiger partial charge is 0.462 e. The summed E-state index contributed by atoms with van der Waals surface area (Å²) in [6, 6.07) is 0. The van der Waals surface area contributed by atoms with Crippen molar-refractivity contribution in [2.75, 3.05) is 13.2 Å². The molecule has 0 spiro atoms. The van der Waals surface area contributed by atoms with Gasteiger partial charge in [-0.2, -0.15) is 0 Å². The minimum atomic E-state index is -0.774. The molecule has 0 radical (unpaired) electrons. The minimum absolute atomic E-state index is 0.0710. The maximum atomic E-state index is 12.9. The van der Waals surface area contributed by atoms with Crippen molar-refractivity contribution in [3.05, 3.63) is 36.5 Å². The van der Waals surface area contributed by atoms with Gasteiger partial charge in [0, 0.05) is 19.3 Å². The Balaban J connectivity index is 4.33.